The summed E-state index contributed by atoms with van der Waals surface area (Å²) in [7, 11) is 0. The summed E-state index contributed by atoms with van der Waals surface area (Å²) < 4.78 is 39.0. The van der Waals surface area contributed by atoms with Crippen LogP contribution in [0.2, 0.25) is 0 Å². The number of halogens is 3. The van der Waals surface area contributed by atoms with Crippen LogP contribution in [-0.2, 0) is 19.2 Å². The molecular weight excluding hydrogens is 491 g/mol. The van der Waals surface area contributed by atoms with Gasteiger partial charge in [0.15, 0.2) is 0 Å². The van der Waals surface area contributed by atoms with Crippen molar-refractivity contribution in [2.75, 3.05) is 6.54 Å². The fourth-order valence-corrected chi connectivity index (χ4v) is 6.28. The Labute approximate surface area is 213 Å². The summed E-state index contributed by atoms with van der Waals surface area (Å²) in [5, 5.41) is 17.1. The minimum atomic E-state index is -5.14. The highest BCUT2D eigenvalue weighted by molar-refractivity contribution is 5.95. The number of nitriles is 1. The van der Waals surface area contributed by atoms with Gasteiger partial charge in [0, 0.05) is 18.0 Å². The molecule has 2 saturated carbocycles. The van der Waals surface area contributed by atoms with Crippen LogP contribution in [0.4, 0.5) is 13.2 Å². The lowest BCUT2D eigenvalue weighted by atomic mass is 9.91. The van der Waals surface area contributed by atoms with Crippen LogP contribution >= 0.6 is 0 Å². The molecule has 4 rings (SSSR count). The molecule has 2 heterocycles. The number of carbonyl (C=O) groups excluding carboxylic acids is 4. The van der Waals surface area contributed by atoms with Crippen molar-refractivity contribution in [3.63, 3.8) is 0 Å². The third-order valence-corrected chi connectivity index (χ3v) is 8.86. The number of hydrogen-bond acceptors (Lipinski definition) is 5. The van der Waals surface area contributed by atoms with Crippen molar-refractivity contribution in [2.45, 2.75) is 90.1 Å². The highest BCUT2D eigenvalue weighted by Gasteiger charge is 2.70. The van der Waals surface area contributed by atoms with Gasteiger partial charge in [-0.2, -0.15) is 18.4 Å². The van der Waals surface area contributed by atoms with Gasteiger partial charge in [-0.1, -0.05) is 20.8 Å². The average Bonchev–Trinajstić information content (AvgIpc) is 3.49. The van der Waals surface area contributed by atoms with Crippen molar-refractivity contribution in [1.82, 2.24) is 20.9 Å². The molecule has 4 amide bonds. The number of alkyl halides is 3. The lowest BCUT2D eigenvalue weighted by molar-refractivity contribution is -0.176. The van der Waals surface area contributed by atoms with Crippen molar-refractivity contribution < 1.29 is 32.3 Å². The van der Waals surface area contributed by atoms with E-state index in [4.69, 9.17) is 0 Å². The lowest BCUT2D eigenvalue weighted by Gasteiger charge is -2.35. The minimum Gasteiger partial charge on any atom is -0.351 e. The zero-order valence-electron chi connectivity index (χ0n) is 21.7. The summed E-state index contributed by atoms with van der Waals surface area (Å²) in [6, 6.07) is -1.34. The predicted octanol–water partition coefficient (Wildman–Crippen LogP) is 1.63. The second-order valence-electron chi connectivity index (χ2n) is 12.6. The molecule has 0 aromatic rings. The molecule has 0 spiro atoms. The van der Waals surface area contributed by atoms with E-state index in [9.17, 15) is 37.6 Å². The SMILES string of the molecule is CC1(C)C[C@@H](C[C@@H](C#N)NC(=O)[C@@H]2[C@@H]3[C@H](CN2C(=O)C(NC(=O)C(F)(F)F)C2(C)CC2)C3(C)C)C(=O)N1. The van der Waals surface area contributed by atoms with Crippen LogP contribution in [0.1, 0.15) is 60.3 Å². The van der Waals surface area contributed by atoms with Crippen molar-refractivity contribution in [2.24, 2.45) is 28.6 Å². The molecule has 37 heavy (non-hydrogen) atoms. The number of nitrogens with one attached hydrogen (secondary N) is 3. The minimum absolute atomic E-state index is 0.0277. The van der Waals surface area contributed by atoms with Gasteiger partial charge < -0.3 is 20.9 Å². The third kappa shape index (κ3) is 5.01. The number of amides is 4. The summed E-state index contributed by atoms with van der Waals surface area (Å²) in [4.78, 5) is 52.4. The molecule has 0 aromatic carbocycles. The zero-order valence-corrected chi connectivity index (χ0v) is 21.7. The van der Waals surface area contributed by atoms with E-state index in [1.165, 1.54) is 4.90 Å². The molecular formula is C25H34F3N5O4. The molecule has 3 N–H and O–H groups in total. The second-order valence-corrected chi connectivity index (χ2v) is 12.6. The van der Waals surface area contributed by atoms with Crippen LogP contribution in [0.25, 0.3) is 0 Å². The maximum Gasteiger partial charge on any atom is 0.471 e. The van der Waals surface area contributed by atoms with Gasteiger partial charge in [0.1, 0.15) is 18.1 Å². The number of nitrogens with zero attached hydrogens (tertiary/aromatic N) is 2. The fourth-order valence-electron chi connectivity index (χ4n) is 6.28. The van der Waals surface area contributed by atoms with E-state index < -0.39 is 58.9 Å². The van der Waals surface area contributed by atoms with Crippen molar-refractivity contribution in [3.05, 3.63) is 0 Å². The van der Waals surface area contributed by atoms with Gasteiger partial charge in [-0.15, -0.1) is 0 Å². The Morgan fingerprint density at radius 1 is 1.16 bits per heavy atom. The summed E-state index contributed by atoms with van der Waals surface area (Å²) in [5.74, 6) is -4.38. The third-order valence-electron chi connectivity index (χ3n) is 8.86. The summed E-state index contributed by atoms with van der Waals surface area (Å²) >= 11 is 0. The largest absolute Gasteiger partial charge is 0.471 e. The van der Waals surface area contributed by atoms with E-state index in [1.807, 2.05) is 39.1 Å². The quantitative estimate of drug-likeness (QED) is 0.465. The maximum absolute atomic E-state index is 13.6. The van der Waals surface area contributed by atoms with E-state index in [0.29, 0.717) is 19.3 Å². The number of hydrogen-bond donors (Lipinski definition) is 3. The Hall–Kier alpha value is -2.84. The van der Waals surface area contributed by atoms with E-state index in [0.717, 1.165) is 0 Å². The molecule has 4 fully saturated rings. The van der Waals surface area contributed by atoms with Crippen LogP contribution < -0.4 is 16.0 Å². The molecule has 0 aromatic heterocycles. The predicted molar refractivity (Wildman–Crippen MR) is 124 cm³/mol. The van der Waals surface area contributed by atoms with E-state index >= 15 is 0 Å². The Morgan fingerprint density at radius 3 is 2.27 bits per heavy atom. The summed E-state index contributed by atoms with van der Waals surface area (Å²) in [6.45, 7) is 9.49. The molecule has 2 aliphatic heterocycles. The van der Waals surface area contributed by atoms with Gasteiger partial charge in [0.05, 0.1) is 6.07 Å². The fraction of sp³-hybridized carbons (Fsp3) is 0.800. The maximum atomic E-state index is 13.6. The number of fused-ring (bicyclic) bond motifs is 1. The van der Waals surface area contributed by atoms with Crippen LogP contribution in [0.15, 0.2) is 0 Å². The average molecular weight is 526 g/mol. The zero-order chi connectivity index (χ0) is 27.7. The Bertz CT molecular complexity index is 1060. The molecule has 204 valence electrons. The first-order valence-electron chi connectivity index (χ1n) is 12.6. The highest BCUT2D eigenvalue weighted by Crippen LogP contribution is 2.65. The van der Waals surface area contributed by atoms with E-state index in [-0.39, 0.29) is 36.1 Å². The van der Waals surface area contributed by atoms with Gasteiger partial charge >= 0.3 is 12.1 Å². The van der Waals surface area contributed by atoms with Crippen molar-refractivity contribution in [1.29, 1.82) is 5.26 Å². The van der Waals surface area contributed by atoms with Crippen molar-refractivity contribution >= 4 is 23.6 Å². The molecule has 4 aliphatic rings. The first-order chi connectivity index (χ1) is 16.9. The van der Waals surface area contributed by atoms with Gasteiger partial charge in [0.25, 0.3) is 0 Å². The van der Waals surface area contributed by atoms with E-state index in [1.54, 1.807) is 6.92 Å². The topological polar surface area (TPSA) is 131 Å². The molecule has 0 radical (unpaired) electrons. The summed E-state index contributed by atoms with van der Waals surface area (Å²) in [6.07, 6.45) is -3.58. The number of piperidine rings is 1. The molecule has 2 saturated heterocycles. The Kier molecular flexibility index (Phi) is 6.32. The molecule has 6 atom stereocenters. The van der Waals surface area contributed by atoms with Gasteiger partial charge in [-0.05, 0) is 62.2 Å². The standard InChI is InChI=1S/C25H34F3N5O4/c1-22(2)9-12(18(34)32-22)8-13(10-29)30-19(35)16-15-14(23(15,3)4)11-33(16)20(36)17(24(5)6-7-24)31-21(37)25(26,27)28/h12-17H,6-9,11H2,1-5H3,(H,30,35)(H,31,37)(H,32,34)/t12-,13+,14+,15+,16+,17?/m1/s1. The van der Waals surface area contributed by atoms with Crippen LogP contribution in [0.5, 0.6) is 0 Å². The number of rotatable bonds is 7. The molecule has 9 nitrogen and oxygen atoms in total. The monoisotopic (exact) mass is 525 g/mol. The molecule has 0 bridgehead atoms. The molecule has 12 heteroatoms. The van der Waals surface area contributed by atoms with Crippen LogP contribution in [0.3, 0.4) is 0 Å². The van der Waals surface area contributed by atoms with Crippen LogP contribution in [0, 0.1) is 39.9 Å². The Balaban J connectivity index is 1.51. The number of likely N-dealkylation sites (tertiary alicyclic amines) is 1. The van der Waals surface area contributed by atoms with Gasteiger partial charge in [0.2, 0.25) is 17.7 Å². The van der Waals surface area contributed by atoms with Crippen molar-refractivity contribution in [3.8, 4) is 6.07 Å². The number of carbonyl (C=O) groups is 4. The summed E-state index contributed by atoms with van der Waals surface area (Å²) in [5.41, 5.74) is -1.50. The smallest absolute Gasteiger partial charge is 0.351 e. The molecule has 2 aliphatic carbocycles. The first kappa shape index (κ1) is 27.2. The first-order valence-corrected chi connectivity index (χ1v) is 12.6. The van der Waals surface area contributed by atoms with Gasteiger partial charge in [-0.3, -0.25) is 19.2 Å². The molecule has 1 unspecified atom stereocenters. The van der Waals surface area contributed by atoms with Crippen LogP contribution in [-0.4, -0.2) is 64.9 Å². The lowest BCUT2D eigenvalue weighted by Crippen LogP contribution is -2.59. The van der Waals surface area contributed by atoms with Gasteiger partial charge in [-0.25, -0.2) is 0 Å². The highest BCUT2D eigenvalue weighted by atomic mass is 19.4. The second kappa shape index (κ2) is 8.60. The van der Waals surface area contributed by atoms with E-state index in [2.05, 4.69) is 10.6 Å². The Morgan fingerprint density at radius 2 is 1.78 bits per heavy atom. The normalized spacial score (nSPS) is 31.9.